The average Bonchev–Trinajstić information content (AvgIpc) is 2.43. The van der Waals surface area contributed by atoms with E-state index in [9.17, 15) is 13.2 Å². The Labute approximate surface area is 128 Å². The summed E-state index contributed by atoms with van der Waals surface area (Å²) in [5, 5.41) is 9.15. The van der Waals surface area contributed by atoms with Crippen molar-refractivity contribution in [2.24, 2.45) is 0 Å². The summed E-state index contributed by atoms with van der Waals surface area (Å²) in [7, 11) is 0. The summed E-state index contributed by atoms with van der Waals surface area (Å²) in [4.78, 5) is 1.69. The Bertz CT molecular complexity index is 523. The first kappa shape index (κ1) is 17.1. The standard InChI is InChI=1S/C16H23F3N2O/c1-10-8-14(20)11(2)7-13(10)12-3-5-21(6-4-12)9-15(22)16(17,18)19/h7-8,12,15,22H,3-6,9,20H2,1-2H3/t15-/m0/s1. The van der Waals surface area contributed by atoms with Crippen LogP contribution in [0, 0.1) is 13.8 Å². The minimum Gasteiger partial charge on any atom is -0.399 e. The molecular formula is C16H23F3N2O. The highest BCUT2D eigenvalue weighted by molar-refractivity contribution is 5.52. The minimum absolute atomic E-state index is 0.337. The molecule has 2 rings (SSSR count). The molecule has 1 heterocycles. The molecule has 0 unspecified atom stereocenters. The Balaban J connectivity index is 1.97. The van der Waals surface area contributed by atoms with Crippen molar-refractivity contribution in [3.8, 4) is 0 Å². The van der Waals surface area contributed by atoms with E-state index in [0.29, 0.717) is 19.0 Å². The number of nitrogens with zero attached hydrogens (tertiary/aromatic N) is 1. The zero-order chi connectivity index (χ0) is 16.5. The number of aliphatic hydroxyl groups excluding tert-OH is 1. The zero-order valence-corrected chi connectivity index (χ0v) is 13.0. The highest BCUT2D eigenvalue weighted by atomic mass is 19.4. The van der Waals surface area contributed by atoms with Crippen molar-refractivity contribution >= 4 is 5.69 Å². The maximum absolute atomic E-state index is 12.4. The van der Waals surface area contributed by atoms with Crippen LogP contribution in [0.1, 0.15) is 35.4 Å². The van der Waals surface area contributed by atoms with Gasteiger partial charge in [0.15, 0.2) is 6.10 Å². The highest BCUT2D eigenvalue weighted by Crippen LogP contribution is 2.33. The van der Waals surface area contributed by atoms with Gasteiger partial charge in [0.05, 0.1) is 0 Å². The molecule has 1 aliphatic heterocycles. The first-order chi connectivity index (χ1) is 10.2. The van der Waals surface area contributed by atoms with Gasteiger partial charge in [-0.05, 0) is 68.5 Å². The van der Waals surface area contributed by atoms with E-state index in [0.717, 1.165) is 29.7 Å². The number of anilines is 1. The number of nitrogen functional groups attached to an aromatic ring is 1. The fourth-order valence-electron chi connectivity index (χ4n) is 3.08. The fraction of sp³-hybridized carbons (Fsp3) is 0.625. The Kier molecular flexibility index (Phi) is 5.02. The SMILES string of the molecule is Cc1cc(C2CCN(C[C@H](O)C(F)(F)F)CC2)c(C)cc1N. The predicted octanol–water partition coefficient (Wildman–Crippen LogP) is 2.99. The van der Waals surface area contributed by atoms with Crippen molar-refractivity contribution in [3.05, 3.63) is 28.8 Å². The summed E-state index contributed by atoms with van der Waals surface area (Å²) in [5.41, 5.74) is 10.1. The maximum Gasteiger partial charge on any atom is 0.415 e. The van der Waals surface area contributed by atoms with Crippen molar-refractivity contribution in [2.75, 3.05) is 25.4 Å². The number of alkyl halides is 3. The molecule has 0 spiro atoms. The topological polar surface area (TPSA) is 49.5 Å². The predicted molar refractivity (Wildman–Crippen MR) is 80.8 cm³/mol. The third-order valence-electron chi connectivity index (χ3n) is 4.49. The third-order valence-corrected chi connectivity index (χ3v) is 4.49. The summed E-state index contributed by atoms with van der Waals surface area (Å²) in [5.74, 6) is 0.346. The van der Waals surface area contributed by atoms with Crippen LogP contribution in [-0.4, -0.2) is 41.9 Å². The van der Waals surface area contributed by atoms with Crippen LogP contribution < -0.4 is 5.73 Å². The van der Waals surface area contributed by atoms with Gasteiger partial charge in [0, 0.05) is 12.2 Å². The molecule has 0 radical (unpaired) electrons. The molecule has 3 N–H and O–H groups in total. The van der Waals surface area contributed by atoms with Gasteiger partial charge in [-0.15, -0.1) is 0 Å². The summed E-state index contributed by atoms with van der Waals surface area (Å²) in [6.07, 6.45) is -5.20. The number of hydrogen-bond acceptors (Lipinski definition) is 3. The van der Waals surface area contributed by atoms with E-state index in [1.54, 1.807) is 4.90 Å². The molecule has 22 heavy (non-hydrogen) atoms. The summed E-state index contributed by atoms with van der Waals surface area (Å²) in [6.45, 7) is 4.79. The van der Waals surface area contributed by atoms with Crippen LogP contribution in [0.15, 0.2) is 12.1 Å². The highest BCUT2D eigenvalue weighted by Gasteiger charge is 2.39. The minimum atomic E-state index is -4.54. The van der Waals surface area contributed by atoms with Gasteiger partial charge in [0.2, 0.25) is 0 Å². The molecule has 0 saturated carbocycles. The van der Waals surface area contributed by atoms with Crippen LogP contribution in [-0.2, 0) is 0 Å². The van der Waals surface area contributed by atoms with Crippen LogP contribution >= 0.6 is 0 Å². The lowest BCUT2D eigenvalue weighted by molar-refractivity contribution is -0.208. The molecule has 1 saturated heterocycles. The van der Waals surface area contributed by atoms with E-state index in [2.05, 4.69) is 6.07 Å². The number of aliphatic hydroxyl groups is 1. The molecule has 124 valence electrons. The van der Waals surface area contributed by atoms with Gasteiger partial charge in [-0.2, -0.15) is 13.2 Å². The van der Waals surface area contributed by atoms with E-state index in [1.165, 1.54) is 5.56 Å². The van der Waals surface area contributed by atoms with Gasteiger partial charge >= 0.3 is 6.18 Å². The van der Waals surface area contributed by atoms with Crippen LogP contribution in [0.4, 0.5) is 18.9 Å². The number of β-amino-alcohol motifs (C(OH)–C–C–N with tert-alkyl or cyclic N) is 1. The monoisotopic (exact) mass is 316 g/mol. The second kappa shape index (κ2) is 6.46. The summed E-state index contributed by atoms with van der Waals surface area (Å²) < 4.78 is 37.2. The Morgan fingerprint density at radius 1 is 1.23 bits per heavy atom. The lowest BCUT2D eigenvalue weighted by Gasteiger charge is -2.34. The van der Waals surface area contributed by atoms with Gasteiger partial charge in [-0.3, -0.25) is 0 Å². The number of likely N-dealkylation sites (tertiary alicyclic amines) is 1. The molecule has 0 amide bonds. The first-order valence-corrected chi connectivity index (χ1v) is 7.52. The van der Waals surface area contributed by atoms with Crippen LogP contribution in [0.25, 0.3) is 0 Å². The van der Waals surface area contributed by atoms with Gasteiger partial charge < -0.3 is 15.7 Å². The number of rotatable bonds is 3. The quantitative estimate of drug-likeness (QED) is 0.843. The number of aryl methyl sites for hydroxylation is 2. The Hall–Kier alpha value is -1.27. The molecule has 0 aliphatic carbocycles. The van der Waals surface area contributed by atoms with Crippen molar-refractivity contribution < 1.29 is 18.3 Å². The first-order valence-electron chi connectivity index (χ1n) is 7.52. The lowest BCUT2D eigenvalue weighted by atomic mass is 9.85. The lowest BCUT2D eigenvalue weighted by Crippen LogP contribution is -2.44. The summed E-state index contributed by atoms with van der Waals surface area (Å²) in [6, 6.07) is 4.06. The molecule has 1 atom stereocenters. The maximum atomic E-state index is 12.4. The number of halogens is 3. The van der Waals surface area contributed by atoms with E-state index >= 15 is 0 Å². The molecule has 3 nitrogen and oxygen atoms in total. The average molecular weight is 316 g/mol. The number of piperidine rings is 1. The number of hydrogen-bond donors (Lipinski definition) is 2. The summed E-state index contributed by atoms with van der Waals surface area (Å²) >= 11 is 0. The second-order valence-electron chi connectivity index (χ2n) is 6.20. The van der Waals surface area contributed by atoms with Gasteiger partial charge in [0.25, 0.3) is 0 Å². The van der Waals surface area contributed by atoms with E-state index in [-0.39, 0.29) is 6.54 Å². The normalized spacial score (nSPS) is 19.4. The largest absolute Gasteiger partial charge is 0.415 e. The fourth-order valence-corrected chi connectivity index (χ4v) is 3.08. The van der Waals surface area contributed by atoms with E-state index in [1.807, 2.05) is 19.9 Å². The van der Waals surface area contributed by atoms with Crippen molar-refractivity contribution in [2.45, 2.75) is 44.9 Å². The van der Waals surface area contributed by atoms with Crippen LogP contribution in [0.5, 0.6) is 0 Å². The second-order valence-corrected chi connectivity index (χ2v) is 6.20. The van der Waals surface area contributed by atoms with E-state index in [4.69, 9.17) is 10.8 Å². The number of nitrogens with two attached hydrogens (primary N) is 1. The van der Waals surface area contributed by atoms with Crippen LogP contribution in [0.2, 0.25) is 0 Å². The van der Waals surface area contributed by atoms with Gasteiger partial charge in [-0.25, -0.2) is 0 Å². The van der Waals surface area contributed by atoms with Crippen LogP contribution in [0.3, 0.4) is 0 Å². The molecular weight excluding hydrogens is 293 g/mol. The van der Waals surface area contributed by atoms with E-state index < -0.39 is 12.3 Å². The number of benzene rings is 1. The zero-order valence-electron chi connectivity index (χ0n) is 13.0. The Morgan fingerprint density at radius 2 is 1.82 bits per heavy atom. The molecule has 1 fully saturated rings. The molecule has 6 heteroatoms. The van der Waals surface area contributed by atoms with Gasteiger partial charge in [-0.1, -0.05) is 6.07 Å². The third kappa shape index (κ3) is 3.93. The molecule has 1 aromatic carbocycles. The van der Waals surface area contributed by atoms with Crippen molar-refractivity contribution in [1.82, 2.24) is 4.90 Å². The molecule has 0 bridgehead atoms. The molecule has 0 aromatic heterocycles. The van der Waals surface area contributed by atoms with Crippen molar-refractivity contribution in [1.29, 1.82) is 0 Å². The molecule has 1 aromatic rings. The Morgan fingerprint density at radius 3 is 2.36 bits per heavy atom. The smallest absolute Gasteiger partial charge is 0.399 e. The van der Waals surface area contributed by atoms with Gasteiger partial charge in [0.1, 0.15) is 0 Å². The molecule has 1 aliphatic rings. The van der Waals surface area contributed by atoms with Crippen molar-refractivity contribution in [3.63, 3.8) is 0 Å².